The minimum atomic E-state index is 0.894. The Morgan fingerprint density at radius 2 is 0.738 bits per heavy atom. The van der Waals surface area contributed by atoms with Gasteiger partial charge < -0.3 is 9.97 Å². The molecular formula is C56H69BrN4. The monoisotopic (exact) mass is 876 g/mol. The van der Waals surface area contributed by atoms with Crippen molar-refractivity contribution < 1.29 is 0 Å². The highest BCUT2D eigenvalue weighted by molar-refractivity contribution is 9.10. The molecule has 0 amide bonds. The molecule has 0 fully saturated rings. The van der Waals surface area contributed by atoms with Gasteiger partial charge in [0.2, 0.25) is 0 Å². The van der Waals surface area contributed by atoms with E-state index < -0.39 is 0 Å². The average Bonchev–Trinajstić information content (AvgIpc) is 4.11. The van der Waals surface area contributed by atoms with Crippen LogP contribution in [0.15, 0.2) is 71.2 Å². The van der Waals surface area contributed by atoms with E-state index in [-0.39, 0.29) is 0 Å². The Labute approximate surface area is 375 Å². The maximum absolute atomic E-state index is 5.37. The molecule has 0 spiro atoms. The molecule has 5 heteroatoms. The molecule has 2 N–H and O–H groups in total. The van der Waals surface area contributed by atoms with Crippen LogP contribution < -0.4 is 0 Å². The summed E-state index contributed by atoms with van der Waals surface area (Å²) in [5.41, 5.74) is 18.5. The second kappa shape index (κ2) is 22.6. The van der Waals surface area contributed by atoms with E-state index >= 15 is 0 Å². The van der Waals surface area contributed by atoms with Gasteiger partial charge in [-0.1, -0.05) is 141 Å². The standard InChI is InChI=1S/C56H69BrN4/c1-5-9-13-17-21-40-33-41(22-18-14-10-6-2)36-44(35-40)54-48-27-25-46(58-48)39-47-26-28-49(59-47)55(51-30-32-53(61-51)56(57)52-31-29-50(54)60-52)45-37-42(23-19-15-11-7-3)34-43(38-45)24-20-16-12-8-4/h25-39,58-59H,5-24H2,1-4H3. The minimum Gasteiger partial charge on any atom is -0.355 e. The van der Waals surface area contributed by atoms with Crippen LogP contribution in [0.4, 0.5) is 0 Å². The first kappa shape index (κ1) is 44.6. The second-order valence-corrected chi connectivity index (χ2v) is 18.4. The molecule has 0 saturated carbocycles. The zero-order valence-corrected chi connectivity index (χ0v) is 39.2. The highest BCUT2D eigenvalue weighted by Crippen LogP contribution is 2.37. The number of halogens is 1. The summed E-state index contributed by atoms with van der Waals surface area (Å²) in [7, 11) is 0. The number of H-pyrrole nitrogens is 2. The van der Waals surface area contributed by atoms with Gasteiger partial charge in [0.05, 0.1) is 27.2 Å². The van der Waals surface area contributed by atoms with E-state index in [0.717, 1.165) is 86.1 Å². The molecule has 0 radical (unpaired) electrons. The third kappa shape index (κ3) is 11.9. The Hall–Kier alpha value is -4.48. The van der Waals surface area contributed by atoms with Crippen LogP contribution in [-0.4, -0.2) is 19.9 Å². The number of aryl methyl sites for hydroxylation is 4. The molecule has 2 aliphatic rings. The van der Waals surface area contributed by atoms with Crippen molar-refractivity contribution in [1.29, 1.82) is 0 Å². The van der Waals surface area contributed by atoms with E-state index in [9.17, 15) is 0 Å². The van der Waals surface area contributed by atoms with Gasteiger partial charge in [0.1, 0.15) is 0 Å². The Morgan fingerprint density at radius 3 is 1.08 bits per heavy atom. The highest BCUT2D eigenvalue weighted by atomic mass is 79.9. The molecule has 0 aliphatic carbocycles. The molecule has 5 heterocycles. The molecule has 0 saturated heterocycles. The summed E-state index contributed by atoms with van der Waals surface area (Å²) in [6, 6.07) is 25.8. The maximum atomic E-state index is 5.37. The predicted octanol–water partition coefficient (Wildman–Crippen LogP) is 17.2. The molecule has 7 rings (SSSR count). The van der Waals surface area contributed by atoms with Crippen molar-refractivity contribution in [3.05, 3.63) is 116 Å². The lowest BCUT2D eigenvalue weighted by Gasteiger charge is -2.12. The largest absolute Gasteiger partial charge is 0.355 e. The van der Waals surface area contributed by atoms with Gasteiger partial charge in [-0.05, 0) is 155 Å². The Kier molecular flexibility index (Phi) is 16.5. The van der Waals surface area contributed by atoms with Crippen LogP contribution in [0.3, 0.4) is 0 Å². The lowest BCUT2D eigenvalue weighted by molar-refractivity contribution is 0.661. The van der Waals surface area contributed by atoms with E-state index in [1.54, 1.807) is 0 Å². The third-order valence-corrected chi connectivity index (χ3v) is 13.3. The summed E-state index contributed by atoms with van der Waals surface area (Å²) >= 11 is 4.01. The van der Waals surface area contributed by atoms with E-state index in [2.05, 4.69) is 145 Å². The summed E-state index contributed by atoms with van der Waals surface area (Å²) in [4.78, 5) is 18.4. The molecule has 2 aliphatic heterocycles. The van der Waals surface area contributed by atoms with Crippen molar-refractivity contribution in [3.63, 3.8) is 0 Å². The molecule has 4 nitrogen and oxygen atoms in total. The molecule has 61 heavy (non-hydrogen) atoms. The van der Waals surface area contributed by atoms with E-state index in [1.165, 1.54) is 136 Å². The van der Waals surface area contributed by atoms with Crippen LogP contribution in [0.5, 0.6) is 0 Å². The number of hydrogen-bond acceptors (Lipinski definition) is 2. The minimum absolute atomic E-state index is 0.894. The van der Waals surface area contributed by atoms with Gasteiger partial charge in [-0.3, -0.25) is 0 Å². The number of nitrogens with zero attached hydrogens (tertiary/aromatic N) is 2. The number of unbranched alkanes of at least 4 members (excludes halogenated alkanes) is 12. The summed E-state index contributed by atoms with van der Waals surface area (Å²) < 4.78 is 0.908. The van der Waals surface area contributed by atoms with Crippen LogP contribution in [0.2, 0.25) is 0 Å². The number of fused-ring (bicyclic) bond motifs is 8. The number of aromatic amines is 2. The number of hydrogen-bond donors (Lipinski definition) is 2. The lowest BCUT2D eigenvalue weighted by atomic mass is 9.94. The zero-order valence-electron chi connectivity index (χ0n) is 37.6. The normalized spacial score (nSPS) is 12.2. The fraction of sp³-hybridized carbons (Fsp3) is 0.429. The molecule has 5 aromatic rings. The molecule has 0 atom stereocenters. The van der Waals surface area contributed by atoms with Gasteiger partial charge >= 0.3 is 0 Å². The van der Waals surface area contributed by atoms with Gasteiger partial charge in [-0.25, -0.2) is 9.97 Å². The number of benzene rings is 2. The number of rotatable bonds is 22. The third-order valence-electron chi connectivity index (χ3n) is 12.5. The van der Waals surface area contributed by atoms with Gasteiger partial charge in [0.15, 0.2) is 0 Å². The highest BCUT2D eigenvalue weighted by Gasteiger charge is 2.18. The SMILES string of the molecule is CCCCCCc1cc(CCCCCC)cc(-c2c3nc(c(Br)c4nc(c(-c5cc(CCCCCC)cc(CCCCCC)c5)c5ccc(cc6ccc2[nH]6)[nH]5)C=C4)C=C3)c1. The first-order valence-electron chi connectivity index (χ1n) is 24.0. The second-order valence-electron chi connectivity index (χ2n) is 17.6. The fourth-order valence-corrected chi connectivity index (χ4v) is 9.57. The van der Waals surface area contributed by atoms with Gasteiger partial charge in [0, 0.05) is 33.2 Å². The van der Waals surface area contributed by atoms with Crippen LogP contribution in [-0.2, 0) is 25.7 Å². The van der Waals surface area contributed by atoms with E-state index in [1.807, 2.05) is 0 Å². The zero-order chi connectivity index (χ0) is 42.4. The Balaban J connectivity index is 1.39. The van der Waals surface area contributed by atoms with Crippen molar-refractivity contribution in [2.45, 2.75) is 156 Å². The van der Waals surface area contributed by atoms with Crippen LogP contribution >= 0.6 is 15.9 Å². The van der Waals surface area contributed by atoms with Crippen LogP contribution in [0.25, 0.3) is 68.6 Å². The topological polar surface area (TPSA) is 57.4 Å². The maximum Gasteiger partial charge on any atom is 0.0801 e. The van der Waals surface area contributed by atoms with Gasteiger partial charge in [0.25, 0.3) is 0 Å². The first-order valence-corrected chi connectivity index (χ1v) is 24.8. The molecule has 320 valence electrons. The summed E-state index contributed by atoms with van der Waals surface area (Å²) in [6.45, 7) is 9.16. The van der Waals surface area contributed by atoms with E-state index in [4.69, 9.17) is 9.97 Å². The lowest BCUT2D eigenvalue weighted by Crippen LogP contribution is -1.95. The van der Waals surface area contributed by atoms with Crippen LogP contribution in [0.1, 0.15) is 175 Å². The smallest absolute Gasteiger partial charge is 0.0801 e. The predicted molar refractivity (Wildman–Crippen MR) is 269 cm³/mol. The quantitative estimate of drug-likeness (QED) is 0.0667. The van der Waals surface area contributed by atoms with Crippen molar-refractivity contribution >= 4 is 62.3 Å². The van der Waals surface area contributed by atoms with E-state index in [0.29, 0.717) is 0 Å². The molecular weight excluding hydrogens is 809 g/mol. The van der Waals surface area contributed by atoms with Gasteiger partial charge in [-0.2, -0.15) is 0 Å². The van der Waals surface area contributed by atoms with Crippen molar-refractivity contribution in [3.8, 4) is 22.3 Å². The molecule has 2 aromatic carbocycles. The Morgan fingerprint density at radius 1 is 0.393 bits per heavy atom. The first-order chi connectivity index (χ1) is 30.0. The number of nitrogens with one attached hydrogen (secondary N) is 2. The fourth-order valence-electron chi connectivity index (χ4n) is 9.13. The van der Waals surface area contributed by atoms with Crippen molar-refractivity contribution in [2.75, 3.05) is 0 Å². The molecule has 3 aromatic heterocycles. The van der Waals surface area contributed by atoms with Crippen molar-refractivity contribution in [1.82, 2.24) is 19.9 Å². The summed E-state index contributed by atoms with van der Waals surface area (Å²) in [5.74, 6) is 0. The van der Waals surface area contributed by atoms with Crippen LogP contribution in [0, 0.1) is 0 Å². The number of aromatic nitrogens is 4. The summed E-state index contributed by atoms with van der Waals surface area (Å²) in [6.07, 6.45) is 33.3. The Bertz CT molecular complexity index is 2230. The van der Waals surface area contributed by atoms with Crippen molar-refractivity contribution in [2.24, 2.45) is 0 Å². The van der Waals surface area contributed by atoms with Gasteiger partial charge in [-0.15, -0.1) is 0 Å². The summed E-state index contributed by atoms with van der Waals surface area (Å²) in [5, 5.41) is 0. The average molecular weight is 878 g/mol. The molecule has 8 bridgehead atoms. The molecule has 0 unspecified atom stereocenters.